The number of ether oxygens (including phenoxy) is 1. The zero-order valence-corrected chi connectivity index (χ0v) is 25.6. The Morgan fingerprint density at radius 2 is 1.16 bits per heavy atom. The van der Waals surface area contributed by atoms with E-state index in [2.05, 4.69) is 60.6 Å². The van der Waals surface area contributed by atoms with Gasteiger partial charge in [0.15, 0.2) is 0 Å². The fraction of sp³-hybridized carbons (Fsp3) is 0.794. The van der Waals surface area contributed by atoms with Gasteiger partial charge in [0, 0.05) is 6.42 Å². The number of carbonyl (C=O) groups is 1. The molecule has 3 heteroatoms. The van der Waals surface area contributed by atoms with Crippen LogP contribution in [0.5, 0.6) is 5.75 Å². The minimum Gasteiger partial charge on any atom is -0.507 e. The number of hydrogen-bond acceptors (Lipinski definition) is 3. The van der Waals surface area contributed by atoms with Crippen LogP contribution < -0.4 is 0 Å². The third-order valence-corrected chi connectivity index (χ3v) is 7.47. The summed E-state index contributed by atoms with van der Waals surface area (Å²) in [5.74, 6) is 0.166. The van der Waals surface area contributed by atoms with E-state index in [1.165, 1.54) is 89.0 Å². The predicted molar refractivity (Wildman–Crippen MR) is 160 cm³/mol. The molecule has 0 amide bonds. The van der Waals surface area contributed by atoms with Crippen LogP contribution in [0, 0.1) is 0 Å². The van der Waals surface area contributed by atoms with Crippen molar-refractivity contribution in [3.05, 3.63) is 28.8 Å². The second-order valence-corrected chi connectivity index (χ2v) is 13.2. The summed E-state index contributed by atoms with van der Waals surface area (Å²) in [7, 11) is 0. The van der Waals surface area contributed by atoms with Crippen molar-refractivity contribution >= 4 is 5.97 Å². The summed E-state index contributed by atoms with van der Waals surface area (Å²) in [5, 5.41) is 10.9. The molecule has 1 rings (SSSR count). The van der Waals surface area contributed by atoms with Crippen LogP contribution in [0.4, 0.5) is 0 Å². The van der Waals surface area contributed by atoms with E-state index >= 15 is 0 Å². The van der Waals surface area contributed by atoms with Crippen molar-refractivity contribution in [3.8, 4) is 5.75 Å². The smallest absolute Gasteiger partial charge is 0.306 e. The maximum Gasteiger partial charge on any atom is 0.306 e. The minimum atomic E-state index is -0.164. The average molecular weight is 517 g/mol. The molecule has 1 N–H and O–H groups in total. The molecule has 0 bridgehead atoms. The summed E-state index contributed by atoms with van der Waals surface area (Å²) in [4.78, 5) is 12.3. The van der Waals surface area contributed by atoms with Gasteiger partial charge in [-0.15, -0.1) is 0 Å². The number of aromatic hydroxyl groups is 1. The molecule has 214 valence electrons. The van der Waals surface area contributed by atoms with Gasteiger partial charge in [0.2, 0.25) is 0 Å². The number of aryl methyl sites for hydroxylation is 1. The first-order valence-corrected chi connectivity index (χ1v) is 15.5. The van der Waals surface area contributed by atoms with Gasteiger partial charge in [-0.3, -0.25) is 4.79 Å². The van der Waals surface area contributed by atoms with Gasteiger partial charge in [0.1, 0.15) is 5.75 Å². The van der Waals surface area contributed by atoms with Crippen LogP contribution in [0.15, 0.2) is 12.1 Å². The van der Waals surface area contributed by atoms with Crippen molar-refractivity contribution in [3.63, 3.8) is 0 Å². The van der Waals surface area contributed by atoms with Crippen LogP contribution >= 0.6 is 0 Å². The van der Waals surface area contributed by atoms with Crippen molar-refractivity contribution in [2.24, 2.45) is 0 Å². The van der Waals surface area contributed by atoms with Crippen molar-refractivity contribution in [1.29, 1.82) is 0 Å². The predicted octanol–water partition coefficient (Wildman–Crippen LogP) is 10.3. The number of benzene rings is 1. The molecule has 0 saturated heterocycles. The number of unbranched alkanes of at least 4 members (excludes halogenated alkanes) is 14. The molecule has 0 aliphatic heterocycles. The molecule has 0 atom stereocenters. The molecular formula is C34H60O3. The van der Waals surface area contributed by atoms with Crippen LogP contribution in [0.3, 0.4) is 0 Å². The first-order chi connectivity index (χ1) is 17.5. The highest BCUT2D eigenvalue weighted by molar-refractivity contribution is 5.70. The molecule has 0 unspecified atom stereocenters. The lowest BCUT2D eigenvalue weighted by Gasteiger charge is -2.27. The van der Waals surface area contributed by atoms with Gasteiger partial charge in [-0.05, 0) is 40.4 Å². The highest BCUT2D eigenvalue weighted by Gasteiger charge is 2.25. The average Bonchev–Trinajstić information content (AvgIpc) is 2.81. The van der Waals surface area contributed by atoms with E-state index in [1.807, 2.05) is 0 Å². The van der Waals surface area contributed by atoms with Gasteiger partial charge in [-0.2, -0.15) is 0 Å². The molecule has 1 aromatic carbocycles. The van der Waals surface area contributed by atoms with Crippen LogP contribution in [0.25, 0.3) is 0 Å². The lowest BCUT2D eigenvalue weighted by Crippen LogP contribution is -2.18. The molecule has 0 aliphatic rings. The lowest BCUT2D eigenvalue weighted by molar-refractivity contribution is -0.143. The number of rotatable bonds is 19. The first kappa shape index (κ1) is 33.5. The molecule has 0 aromatic heterocycles. The van der Waals surface area contributed by atoms with E-state index in [0.717, 1.165) is 24.0 Å². The Labute approximate surface area is 230 Å². The Balaban J connectivity index is 2.17. The Bertz CT molecular complexity index is 752. The summed E-state index contributed by atoms with van der Waals surface area (Å²) in [6.45, 7) is 15.7. The number of esters is 1. The van der Waals surface area contributed by atoms with E-state index < -0.39 is 0 Å². The number of phenols is 1. The summed E-state index contributed by atoms with van der Waals surface area (Å²) < 4.78 is 5.49. The largest absolute Gasteiger partial charge is 0.507 e. The van der Waals surface area contributed by atoms with E-state index in [1.54, 1.807) is 0 Å². The second-order valence-electron chi connectivity index (χ2n) is 13.2. The lowest BCUT2D eigenvalue weighted by atomic mass is 9.78. The Morgan fingerprint density at radius 3 is 1.59 bits per heavy atom. The first-order valence-electron chi connectivity index (χ1n) is 15.5. The normalized spacial score (nSPS) is 12.2. The Hall–Kier alpha value is -1.51. The summed E-state index contributed by atoms with van der Waals surface area (Å²) in [5.41, 5.74) is 2.81. The van der Waals surface area contributed by atoms with Gasteiger partial charge in [0.05, 0.1) is 6.61 Å². The molecular weight excluding hydrogens is 456 g/mol. The third kappa shape index (κ3) is 14.9. The van der Waals surface area contributed by atoms with E-state index in [-0.39, 0.29) is 16.8 Å². The zero-order valence-electron chi connectivity index (χ0n) is 25.6. The molecule has 0 heterocycles. The number of hydrogen-bond donors (Lipinski definition) is 1. The SMILES string of the molecule is CCCCCCCCCCCCCCCCCOC(=O)CCc1cc(C(C)(C)C)cc(C(C)(C)C)c1O. The Morgan fingerprint density at radius 1 is 0.703 bits per heavy atom. The second kappa shape index (κ2) is 17.9. The molecule has 0 radical (unpaired) electrons. The minimum absolute atomic E-state index is 0.0174. The van der Waals surface area contributed by atoms with E-state index in [4.69, 9.17) is 4.74 Å². The summed E-state index contributed by atoms with van der Waals surface area (Å²) >= 11 is 0. The monoisotopic (exact) mass is 516 g/mol. The van der Waals surface area contributed by atoms with Crippen molar-refractivity contribution in [1.82, 2.24) is 0 Å². The highest BCUT2D eigenvalue weighted by Crippen LogP contribution is 2.38. The quantitative estimate of drug-likeness (QED) is 0.147. The van der Waals surface area contributed by atoms with Crippen LogP contribution in [0.1, 0.15) is 168 Å². The zero-order chi connectivity index (χ0) is 27.7. The topological polar surface area (TPSA) is 46.5 Å². The van der Waals surface area contributed by atoms with Gasteiger partial charge in [-0.1, -0.05) is 150 Å². The van der Waals surface area contributed by atoms with Gasteiger partial charge in [-0.25, -0.2) is 0 Å². The van der Waals surface area contributed by atoms with Crippen molar-refractivity contribution in [2.45, 2.75) is 168 Å². The molecule has 3 nitrogen and oxygen atoms in total. The molecule has 0 fully saturated rings. The molecule has 1 aromatic rings. The standard InChI is InChI=1S/C34H60O3/c1-8-9-10-11-12-13-14-15-16-17-18-19-20-21-22-25-37-31(35)24-23-28-26-29(33(2,3)4)27-30(32(28)36)34(5,6)7/h26-27,36H,8-25H2,1-7H3. The van der Waals surface area contributed by atoms with Gasteiger partial charge < -0.3 is 9.84 Å². The fourth-order valence-electron chi connectivity index (χ4n) is 4.86. The van der Waals surface area contributed by atoms with Crippen LogP contribution in [0.2, 0.25) is 0 Å². The number of carbonyl (C=O) groups excluding carboxylic acids is 1. The molecule has 0 aliphatic carbocycles. The molecule has 37 heavy (non-hydrogen) atoms. The maximum atomic E-state index is 12.3. The summed E-state index contributed by atoms with van der Waals surface area (Å²) in [6, 6.07) is 4.18. The van der Waals surface area contributed by atoms with Gasteiger partial charge in [0.25, 0.3) is 0 Å². The van der Waals surface area contributed by atoms with E-state index in [9.17, 15) is 9.90 Å². The van der Waals surface area contributed by atoms with Crippen molar-refractivity contribution in [2.75, 3.05) is 6.61 Å². The van der Waals surface area contributed by atoms with Crippen molar-refractivity contribution < 1.29 is 14.6 Å². The molecule has 0 spiro atoms. The Kier molecular flexibility index (Phi) is 16.2. The third-order valence-electron chi connectivity index (χ3n) is 7.47. The van der Waals surface area contributed by atoms with Crippen LogP contribution in [-0.4, -0.2) is 17.7 Å². The summed E-state index contributed by atoms with van der Waals surface area (Å²) in [6.07, 6.45) is 20.8. The van der Waals surface area contributed by atoms with E-state index in [0.29, 0.717) is 25.2 Å². The molecule has 0 saturated carbocycles. The fourth-order valence-corrected chi connectivity index (χ4v) is 4.86. The maximum absolute atomic E-state index is 12.3. The van der Waals surface area contributed by atoms with Crippen LogP contribution in [-0.2, 0) is 26.8 Å². The highest BCUT2D eigenvalue weighted by atomic mass is 16.5. The van der Waals surface area contributed by atoms with Gasteiger partial charge >= 0.3 is 5.97 Å². The number of phenolic OH excluding ortho intramolecular Hbond substituents is 1.